The SMILES string of the molecule is Cc1cc(NC2(CCl)CCOCC2)c2ccccc2n1. The number of hydrogen-bond acceptors (Lipinski definition) is 3. The van der Waals surface area contributed by atoms with Crippen molar-refractivity contribution in [3.8, 4) is 0 Å². The highest BCUT2D eigenvalue weighted by atomic mass is 35.5. The first-order valence-corrected chi connectivity index (χ1v) is 7.54. The van der Waals surface area contributed by atoms with E-state index in [1.807, 2.05) is 25.1 Å². The molecule has 1 aromatic heterocycles. The van der Waals surface area contributed by atoms with Gasteiger partial charge in [-0.2, -0.15) is 0 Å². The van der Waals surface area contributed by atoms with Crippen LogP contribution in [0.1, 0.15) is 18.5 Å². The molecule has 0 amide bonds. The third kappa shape index (κ3) is 2.60. The summed E-state index contributed by atoms with van der Waals surface area (Å²) in [5, 5.41) is 4.82. The summed E-state index contributed by atoms with van der Waals surface area (Å²) in [6.07, 6.45) is 1.87. The molecule has 0 aliphatic carbocycles. The average Bonchev–Trinajstić information content (AvgIpc) is 2.48. The monoisotopic (exact) mass is 290 g/mol. The van der Waals surface area contributed by atoms with Crippen LogP contribution in [0.2, 0.25) is 0 Å². The topological polar surface area (TPSA) is 34.1 Å². The fourth-order valence-electron chi connectivity index (χ4n) is 2.75. The van der Waals surface area contributed by atoms with Crippen molar-refractivity contribution >= 4 is 28.2 Å². The number of anilines is 1. The molecule has 0 bridgehead atoms. The Morgan fingerprint density at radius 2 is 2.05 bits per heavy atom. The Hall–Kier alpha value is -1.32. The van der Waals surface area contributed by atoms with Crippen molar-refractivity contribution in [2.45, 2.75) is 25.3 Å². The van der Waals surface area contributed by atoms with E-state index in [9.17, 15) is 0 Å². The Labute approximate surface area is 124 Å². The van der Waals surface area contributed by atoms with Gasteiger partial charge in [0.05, 0.1) is 11.1 Å². The summed E-state index contributed by atoms with van der Waals surface area (Å²) in [6.45, 7) is 3.55. The third-order valence-corrected chi connectivity index (χ3v) is 4.46. The van der Waals surface area contributed by atoms with E-state index in [1.54, 1.807) is 0 Å². The zero-order valence-corrected chi connectivity index (χ0v) is 12.4. The first-order valence-electron chi connectivity index (χ1n) is 7.01. The zero-order valence-electron chi connectivity index (χ0n) is 11.7. The number of alkyl halides is 1. The maximum Gasteiger partial charge on any atom is 0.0725 e. The summed E-state index contributed by atoms with van der Waals surface area (Å²) < 4.78 is 5.46. The molecule has 0 saturated carbocycles. The van der Waals surface area contributed by atoms with E-state index in [1.165, 1.54) is 0 Å². The molecule has 1 aliphatic heterocycles. The number of benzene rings is 1. The Morgan fingerprint density at radius 3 is 2.80 bits per heavy atom. The standard InChI is InChI=1S/C16H19ClN2O/c1-12-10-15(13-4-2-3-5-14(13)18-12)19-16(11-17)6-8-20-9-7-16/h2-5,10H,6-9,11H2,1H3,(H,18,19). The number of ether oxygens (including phenoxy) is 1. The van der Waals surface area contributed by atoms with Crippen molar-refractivity contribution in [1.29, 1.82) is 0 Å². The second kappa shape index (κ2) is 5.58. The lowest BCUT2D eigenvalue weighted by Gasteiger charge is -2.37. The second-order valence-electron chi connectivity index (χ2n) is 5.48. The van der Waals surface area contributed by atoms with Crippen LogP contribution in [-0.4, -0.2) is 29.6 Å². The first-order chi connectivity index (χ1) is 9.72. The van der Waals surface area contributed by atoms with E-state index in [0.717, 1.165) is 48.3 Å². The van der Waals surface area contributed by atoms with Gasteiger partial charge < -0.3 is 10.1 Å². The molecule has 0 atom stereocenters. The van der Waals surface area contributed by atoms with Crippen LogP contribution in [0.25, 0.3) is 10.9 Å². The van der Waals surface area contributed by atoms with E-state index >= 15 is 0 Å². The van der Waals surface area contributed by atoms with Gasteiger partial charge in [0.1, 0.15) is 0 Å². The molecule has 4 heteroatoms. The Balaban J connectivity index is 2.01. The van der Waals surface area contributed by atoms with Crippen LogP contribution in [0.5, 0.6) is 0 Å². The van der Waals surface area contributed by atoms with Gasteiger partial charge in [-0.3, -0.25) is 4.98 Å². The molecule has 2 aromatic rings. The van der Waals surface area contributed by atoms with Gasteiger partial charge in [-0.25, -0.2) is 0 Å². The Morgan fingerprint density at radius 1 is 1.30 bits per heavy atom. The second-order valence-corrected chi connectivity index (χ2v) is 5.75. The molecule has 3 rings (SSSR count). The number of pyridine rings is 1. The normalized spacial score (nSPS) is 18.1. The van der Waals surface area contributed by atoms with Gasteiger partial charge in [0.15, 0.2) is 0 Å². The number of fused-ring (bicyclic) bond motifs is 1. The van der Waals surface area contributed by atoms with Gasteiger partial charge in [-0.15, -0.1) is 11.6 Å². The van der Waals surface area contributed by atoms with Crippen LogP contribution < -0.4 is 5.32 Å². The molecule has 1 saturated heterocycles. The van der Waals surface area contributed by atoms with E-state index < -0.39 is 0 Å². The van der Waals surface area contributed by atoms with Gasteiger partial charge in [0.2, 0.25) is 0 Å². The number of nitrogens with one attached hydrogen (secondary N) is 1. The average molecular weight is 291 g/mol. The van der Waals surface area contributed by atoms with Crippen molar-refractivity contribution in [3.05, 3.63) is 36.0 Å². The minimum Gasteiger partial charge on any atom is -0.381 e. The summed E-state index contributed by atoms with van der Waals surface area (Å²) in [5.41, 5.74) is 3.08. The molecule has 20 heavy (non-hydrogen) atoms. The Kier molecular flexibility index (Phi) is 3.81. The molecule has 0 radical (unpaired) electrons. The highest BCUT2D eigenvalue weighted by Gasteiger charge is 2.32. The van der Waals surface area contributed by atoms with Crippen LogP contribution in [0.4, 0.5) is 5.69 Å². The number of para-hydroxylation sites is 1. The Bertz CT molecular complexity index is 608. The van der Waals surface area contributed by atoms with Gasteiger partial charge in [0, 0.05) is 35.9 Å². The molecule has 2 heterocycles. The highest BCUT2D eigenvalue weighted by molar-refractivity contribution is 6.19. The lowest BCUT2D eigenvalue weighted by atomic mass is 9.91. The summed E-state index contributed by atoms with van der Waals surface area (Å²) in [7, 11) is 0. The minimum atomic E-state index is -0.0730. The van der Waals surface area contributed by atoms with Gasteiger partial charge in [0.25, 0.3) is 0 Å². The third-order valence-electron chi connectivity index (χ3n) is 3.95. The zero-order chi connectivity index (χ0) is 14.0. The van der Waals surface area contributed by atoms with E-state index in [-0.39, 0.29) is 5.54 Å². The van der Waals surface area contributed by atoms with E-state index in [2.05, 4.69) is 22.4 Å². The predicted octanol–water partition coefficient (Wildman–Crippen LogP) is 3.74. The fourth-order valence-corrected chi connectivity index (χ4v) is 3.09. The molecule has 1 aromatic carbocycles. The van der Waals surface area contributed by atoms with Crippen LogP contribution in [-0.2, 0) is 4.74 Å². The maximum atomic E-state index is 6.24. The molecular formula is C16H19ClN2O. The highest BCUT2D eigenvalue weighted by Crippen LogP contribution is 2.31. The van der Waals surface area contributed by atoms with Gasteiger partial charge >= 0.3 is 0 Å². The number of nitrogens with zero attached hydrogens (tertiary/aromatic N) is 1. The number of halogens is 1. The molecule has 3 nitrogen and oxygen atoms in total. The number of rotatable bonds is 3. The van der Waals surface area contributed by atoms with E-state index in [0.29, 0.717) is 5.88 Å². The molecule has 106 valence electrons. The maximum absolute atomic E-state index is 6.24. The fraction of sp³-hybridized carbons (Fsp3) is 0.438. The lowest BCUT2D eigenvalue weighted by Crippen LogP contribution is -2.45. The number of aryl methyl sites for hydroxylation is 1. The van der Waals surface area contributed by atoms with Crippen LogP contribution in [0.15, 0.2) is 30.3 Å². The van der Waals surface area contributed by atoms with E-state index in [4.69, 9.17) is 16.3 Å². The summed E-state index contributed by atoms with van der Waals surface area (Å²) in [4.78, 5) is 4.58. The van der Waals surface area contributed by atoms with Crippen molar-refractivity contribution in [2.75, 3.05) is 24.4 Å². The van der Waals surface area contributed by atoms with Crippen molar-refractivity contribution in [1.82, 2.24) is 4.98 Å². The van der Waals surface area contributed by atoms with Crippen LogP contribution in [0, 0.1) is 6.92 Å². The van der Waals surface area contributed by atoms with Gasteiger partial charge in [-0.05, 0) is 31.9 Å². The number of hydrogen-bond donors (Lipinski definition) is 1. The van der Waals surface area contributed by atoms with Gasteiger partial charge in [-0.1, -0.05) is 18.2 Å². The predicted molar refractivity (Wildman–Crippen MR) is 83.6 cm³/mol. The van der Waals surface area contributed by atoms with Crippen molar-refractivity contribution in [3.63, 3.8) is 0 Å². The quantitative estimate of drug-likeness (QED) is 0.874. The first kappa shape index (κ1) is 13.7. The molecule has 1 aliphatic rings. The molecule has 0 unspecified atom stereocenters. The largest absolute Gasteiger partial charge is 0.381 e. The van der Waals surface area contributed by atoms with Crippen molar-refractivity contribution < 1.29 is 4.74 Å². The summed E-state index contributed by atoms with van der Waals surface area (Å²) in [5.74, 6) is 0.589. The molecular weight excluding hydrogens is 272 g/mol. The minimum absolute atomic E-state index is 0.0730. The van der Waals surface area contributed by atoms with Crippen LogP contribution >= 0.6 is 11.6 Å². The molecule has 1 fully saturated rings. The molecule has 1 N–H and O–H groups in total. The summed E-state index contributed by atoms with van der Waals surface area (Å²) in [6, 6.07) is 10.3. The number of aromatic nitrogens is 1. The van der Waals surface area contributed by atoms with Crippen LogP contribution in [0.3, 0.4) is 0 Å². The molecule has 0 spiro atoms. The smallest absolute Gasteiger partial charge is 0.0725 e. The lowest BCUT2D eigenvalue weighted by molar-refractivity contribution is 0.0668. The summed E-state index contributed by atoms with van der Waals surface area (Å²) >= 11 is 6.24. The van der Waals surface area contributed by atoms with Crippen molar-refractivity contribution in [2.24, 2.45) is 0 Å².